The third-order valence-corrected chi connectivity index (χ3v) is 4.94. The molecule has 7 nitrogen and oxygen atoms in total. The van der Waals surface area contributed by atoms with E-state index in [1.165, 1.54) is 7.11 Å². The molecule has 0 aromatic heterocycles. The zero-order valence-corrected chi connectivity index (χ0v) is 17.1. The second-order valence-electron chi connectivity index (χ2n) is 5.57. The van der Waals surface area contributed by atoms with Crippen molar-refractivity contribution in [2.75, 3.05) is 19.0 Å². The van der Waals surface area contributed by atoms with Crippen LogP contribution in [0.25, 0.3) is 6.08 Å². The van der Waals surface area contributed by atoms with Crippen LogP contribution in [0.2, 0.25) is 0 Å². The summed E-state index contributed by atoms with van der Waals surface area (Å²) in [6.45, 7) is -0.242. The molecule has 2 N–H and O–H groups in total. The molecule has 0 atom stereocenters. The van der Waals surface area contributed by atoms with Crippen molar-refractivity contribution in [3.05, 3.63) is 57.4 Å². The molecule has 144 valence electrons. The number of methoxy groups -OCH3 is 1. The number of carbonyl (C=O) groups excluding carboxylic acids is 3. The first-order valence-electron chi connectivity index (χ1n) is 8.06. The average molecular weight is 463 g/mol. The van der Waals surface area contributed by atoms with Crippen LogP contribution >= 0.6 is 27.7 Å². The Hall–Kier alpha value is -2.78. The summed E-state index contributed by atoms with van der Waals surface area (Å²) in [7, 11) is 1.52. The number of halogens is 1. The molecule has 2 aromatic rings. The predicted octanol–water partition coefficient (Wildman–Crippen LogP) is 3.80. The summed E-state index contributed by atoms with van der Waals surface area (Å²) < 4.78 is 11.6. The lowest BCUT2D eigenvalue weighted by Crippen LogP contribution is -2.20. The summed E-state index contributed by atoms with van der Waals surface area (Å²) in [5, 5.41) is 4.49. The van der Waals surface area contributed by atoms with E-state index in [2.05, 4.69) is 26.6 Å². The number of benzene rings is 2. The maximum atomic E-state index is 12.2. The van der Waals surface area contributed by atoms with Gasteiger partial charge in [0, 0.05) is 10.0 Å². The van der Waals surface area contributed by atoms with Crippen LogP contribution in [-0.4, -0.2) is 30.8 Å². The van der Waals surface area contributed by atoms with E-state index in [4.69, 9.17) is 9.47 Å². The van der Waals surface area contributed by atoms with Crippen molar-refractivity contribution in [1.29, 1.82) is 0 Å². The Bertz CT molecular complexity index is 977. The predicted molar refractivity (Wildman–Crippen MR) is 110 cm³/mol. The second-order valence-corrected chi connectivity index (χ2v) is 7.50. The number of hydrogen-bond donors (Lipinski definition) is 2. The third kappa shape index (κ3) is 4.93. The quantitative estimate of drug-likeness (QED) is 0.634. The Morgan fingerprint density at radius 1 is 1.21 bits per heavy atom. The number of imide groups is 1. The second kappa shape index (κ2) is 8.94. The Morgan fingerprint density at radius 2 is 2.00 bits per heavy atom. The van der Waals surface area contributed by atoms with Gasteiger partial charge in [-0.25, -0.2) is 0 Å². The van der Waals surface area contributed by atoms with E-state index < -0.39 is 11.1 Å². The topological polar surface area (TPSA) is 93.7 Å². The van der Waals surface area contributed by atoms with Gasteiger partial charge in [0.25, 0.3) is 17.1 Å². The molecule has 1 saturated heterocycles. The summed E-state index contributed by atoms with van der Waals surface area (Å²) in [6.07, 6.45) is 1.54. The molecule has 0 radical (unpaired) electrons. The fraction of sp³-hybridized carbons (Fsp3) is 0.105. The number of carbonyl (C=O) groups is 3. The molecule has 0 bridgehead atoms. The Morgan fingerprint density at radius 3 is 2.71 bits per heavy atom. The van der Waals surface area contributed by atoms with E-state index in [1.807, 2.05) is 0 Å². The van der Waals surface area contributed by atoms with Gasteiger partial charge in [-0.3, -0.25) is 19.7 Å². The SMILES string of the molecule is COc1ccccc1NC(=O)COc1ccc(Br)cc1/C=C1\SC(=O)NC1=O. The fourth-order valence-corrected chi connectivity index (χ4v) is 3.46. The monoisotopic (exact) mass is 462 g/mol. The molecule has 1 aliphatic heterocycles. The first-order valence-corrected chi connectivity index (χ1v) is 9.67. The van der Waals surface area contributed by atoms with Crippen LogP contribution < -0.4 is 20.1 Å². The number of thioether (sulfide) groups is 1. The molecule has 0 saturated carbocycles. The van der Waals surface area contributed by atoms with Gasteiger partial charge in [-0.1, -0.05) is 28.1 Å². The smallest absolute Gasteiger partial charge is 0.290 e. The van der Waals surface area contributed by atoms with Crippen molar-refractivity contribution in [3.63, 3.8) is 0 Å². The number of hydrogen-bond acceptors (Lipinski definition) is 6. The highest BCUT2D eigenvalue weighted by molar-refractivity contribution is 9.10. The van der Waals surface area contributed by atoms with E-state index in [0.29, 0.717) is 22.7 Å². The van der Waals surface area contributed by atoms with Crippen LogP contribution in [0.5, 0.6) is 11.5 Å². The summed E-state index contributed by atoms with van der Waals surface area (Å²) in [4.78, 5) is 35.6. The molecule has 28 heavy (non-hydrogen) atoms. The van der Waals surface area contributed by atoms with Crippen LogP contribution in [0.3, 0.4) is 0 Å². The number of para-hydroxylation sites is 2. The number of ether oxygens (including phenoxy) is 2. The highest BCUT2D eigenvalue weighted by Crippen LogP contribution is 2.31. The van der Waals surface area contributed by atoms with Crippen LogP contribution in [0, 0.1) is 0 Å². The molecule has 9 heteroatoms. The summed E-state index contributed by atoms with van der Waals surface area (Å²) in [6, 6.07) is 12.2. The van der Waals surface area contributed by atoms with Gasteiger partial charge in [0.2, 0.25) is 0 Å². The minimum atomic E-state index is -0.463. The summed E-state index contributed by atoms with van der Waals surface area (Å²) >= 11 is 4.17. The van der Waals surface area contributed by atoms with Crippen LogP contribution in [0.4, 0.5) is 10.5 Å². The maximum Gasteiger partial charge on any atom is 0.290 e. The van der Waals surface area contributed by atoms with E-state index in [9.17, 15) is 14.4 Å². The van der Waals surface area contributed by atoms with Crippen LogP contribution in [-0.2, 0) is 9.59 Å². The standard InChI is InChI=1S/C19H15BrN2O5S/c1-26-15-5-3-2-4-13(15)21-17(23)10-27-14-7-6-12(20)8-11(14)9-16-18(24)22-19(25)28-16/h2-9H,10H2,1H3,(H,21,23)(H,22,24,25)/b16-9-. The van der Waals surface area contributed by atoms with Gasteiger partial charge in [-0.05, 0) is 48.2 Å². The van der Waals surface area contributed by atoms with E-state index in [0.717, 1.165) is 16.2 Å². The molecule has 3 amide bonds. The minimum Gasteiger partial charge on any atom is -0.495 e. The fourth-order valence-electron chi connectivity index (χ4n) is 2.40. The van der Waals surface area contributed by atoms with E-state index in [-0.39, 0.29) is 17.4 Å². The molecule has 1 heterocycles. The van der Waals surface area contributed by atoms with Gasteiger partial charge in [0.1, 0.15) is 11.5 Å². The lowest BCUT2D eigenvalue weighted by molar-refractivity contribution is -0.118. The molecular formula is C19H15BrN2O5S. The van der Waals surface area contributed by atoms with Gasteiger partial charge in [0.05, 0.1) is 17.7 Å². The molecule has 3 rings (SSSR count). The van der Waals surface area contributed by atoms with Gasteiger partial charge in [-0.2, -0.15) is 0 Å². The first-order chi connectivity index (χ1) is 13.5. The number of nitrogens with one attached hydrogen (secondary N) is 2. The summed E-state index contributed by atoms with van der Waals surface area (Å²) in [5.41, 5.74) is 1.10. The largest absolute Gasteiger partial charge is 0.495 e. The summed E-state index contributed by atoms with van der Waals surface area (Å²) in [5.74, 6) is 0.113. The highest BCUT2D eigenvalue weighted by Gasteiger charge is 2.25. The van der Waals surface area contributed by atoms with Crippen molar-refractivity contribution in [1.82, 2.24) is 5.32 Å². The van der Waals surface area contributed by atoms with Crippen LogP contribution in [0.1, 0.15) is 5.56 Å². The first kappa shape index (κ1) is 20.0. The zero-order valence-electron chi connectivity index (χ0n) is 14.7. The molecule has 0 unspecified atom stereocenters. The van der Waals surface area contributed by atoms with Crippen molar-refractivity contribution < 1.29 is 23.9 Å². The third-order valence-electron chi connectivity index (χ3n) is 3.64. The van der Waals surface area contributed by atoms with Crippen LogP contribution in [0.15, 0.2) is 51.8 Å². The molecule has 0 aliphatic carbocycles. The Kier molecular flexibility index (Phi) is 6.37. The van der Waals surface area contributed by atoms with Crippen molar-refractivity contribution in [2.45, 2.75) is 0 Å². The van der Waals surface area contributed by atoms with Gasteiger partial charge < -0.3 is 14.8 Å². The van der Waals surface area contributed by atoms with E-state index in [1.54, 1.807) is 48.5 Å². The number of amides is 3. The lowest BCUT2D eigenvalue weighted by Gasteiger charge is -2.12. The number of anilines is 1. The normalized spacial score (nSPS) is 14.7. The van der Waals surface area contributed by atoms with Crippen molar-refractivity contribution >= 4 is 56.5 Å². The molecule has 0 spiro atoms. The van der Waals surface area contributed by atoms with Gasteiger partial charge in [0.15, 0.2) is 6.61 Å². The zero-order chi connectivity index (χ0) is 20.1. The highest BCUT2D eigenvalue weighted by atomic mass is 79.9. The average Bonchev–Trinajstić information content (AvgIpc) is 2.98. The maximum absolute atomic E-state index is 12.2. The van der Waals surface area contributed by atoms with E-state index >= 15 is 0 Å². The van der Waals surface area contributed by atoms with Gasteiger partial charge in [-0.15, -0.1) is 0 Å². The van der Waals surface area contributed by atoms with Gasteiger partial charge >= 0.3 is 0 Å². The van der Waals surface area contributed by atoms with Crippen molar-refractivity contribution in [2.24, 2.45) is 0 Å². The Labute approximate surface area is 173 Å². The molecule has 1 fully saturated rings. The molecular weight excluding hydrogens is 448 g/mol. The molecule has 2 aromatic carbocycles. The minimum absolute atomic E-state index is 0.242. The molecule has 1 aliphatic rings. The number of rotatable bonds is 6. The van der Waals surface area contributed by atoms with Crippen molar-refractivity contribution in [3.8, 4) is 11.5 Å². The lowest BCUT2D eigenvalue weighted by atomic mass is 10.2. The Balaban J connectivity index is 1.72.